The van der Waals surface area contributed by atoms with Crippen molar-refractivity contribution in [2.24, 2.45) is 0 Å². The van der Waals surface area contributed by atoms with Crippen LogP contribution < -0.4 is 9.04 Å². The van der Waals surface area contributed by atoms with Gasteiger partial charge in [0.15, 0.2) is 8.32 Å². The molecule has 4 aromatic rings. The Morgan fingerprint density at radius 2 is 1.62 bits per heavy atom. The second-order valence-corrected chi connectivity index (χ2v) is 23.6. The maximum Gasteiger partial charge on any atom is 0.435 e. The third-order valence-corrected chi connectivity index (χ3v) is 16.6. The molecule has 0 radical (unpaired) electrons. The van der Waals surface area contributed by atoms with Crippen molar-refractivity contribution in [2.75, 3.05) is 30.5 Å². The van der Waals surface area contributed by atoms with Crippen molar-refractivity contribution in [3.05, 3.63) is 88.6 Å². The lowest BCUT2D eigenvalue weighted by Crippen LogP contribution is -2.41. The highest BCUT2D eigenvalue weighted by atomic mass is 35.5. The highest BCUT2D eigenvalue weighted by Crippen LogP contribution is 2.40. The van der Waals surface area contributed by atoms with Gasteiger partial charge in [0.2, 0.25) is 0 Å². The molecule has 15 heteroatoms. The first kappa shape index (κ1) is 47.3. The fourth-order valence-electron chi connectivity index (χ4n) is 7.39. The largest absolute Gasteiger partial charge is 0.492 e. The van der Waals surface area contributed by atoms with Gasteiger partial charge in [-0.3, -0.25) is 18.6 Å². The molecule has 328 valence electrons. The predicted octanol–water partition coefficient (Wildman–Crippen LogP) is 10.7. The van der Waals surface area contributed by atoms with E-state index in [1.54, 1.807) is 32.9 Å². The summed E-state index contributed by atoms with van der Waals surface area (Å²) in [7, 11) is -2.23. The third-order valence-electron chi connectivity index (χ3n) is 10.9. The lowest BCUT2D eigenvalue weighted by atomic mass is 9.82. The van der Waals surface area contributed by atoms with Crippen molar-refractivity contribution in [1.29, 1.82) is 0 Å². The first-order chi connectivity index (χ1) is 28.3. The van der Waals surface area contributed by atoms with Crippen LogP contribution in [-0.2, 0) is 36.5 Å². The van der Waals surface area contributed by atoms with Gasteiger partial charge in [0.1, 0.15) is 30.1 Å². The van der Waals surface area contributed by atoms with Gasteiger partial charge in [-0.2, -0.15) is 9.78 Å². The standard InChI is InChI=1S/C45H63ClN4O8SSi/c1-10-60(11-2,12-3)58-40(34-21-24-37(46)39(27-34)49(59(53)54)31-41(51)56-44(4,5)6)30-48(29-32-17-14-13-15-18-32)25-26-55-35-22-23-36-38(28-35)50(43(52)57-45(7,8)9)47-42(36)33-19-16-20-33/h13-15,17-18,21-24,27-28,33,40H,10-12,16,19-20,25-26,29-31H2,1-9H3,(H,53,54). The molecule has 0 aliphatic heterocycles. The zero-order valence-electron chi connectivity index (χ0n) is 36.7. The first-order valence-corrected chi connectivity index (χ1v) is 25.0. The molecule has 1 N–H and O–H groups in total. The van der Waals surface area contributed by atoms with Gasteiger partial charge in [-0.05, 0) is 108 Å². The maximum absolute atomic E-state index is 13.4. The molecule has 1 heterocycles. The lowest BCUT2D eigenvalue weighted by molar-refractivity contribution is -0.152. The Hall–Kier alpha value is -3.79. The average molecular weight is 884 g/mol. The summed E-state index contributed by atoms with van der Waals surface area (Å²) in [6.45, 7) is 18.7. The Morgan fingerprint density at radius 3 is 2.20 bits per heavy atom. The molecule has 2 unspecified atom stereocenters. The number of rotatable bonds is 19. The van der Waals surface area contributed by atoms with Gasteiger partial charge >= 0.3 is 12.1 Å². The van der Waals surface area contributed by atoms with Crippen molar-refractivity contribution in [3.63, 3.8) is 0 Å². The fourth-order valence-corrected chi connectivity index (χ4v) is 11.0. The minimum absolute atomic E-state index is 0.216. The van der Waals surface area contributed by atoms with Crippen molar-refractivity contribution < 1.29 is 37.0 Å². The number of hydrogen-bond acceptors (Lipinski definition) is 9. The molecule has 1 aliphatic rings. The van der Waals surface area contributed by atoms with Gasteiger partial charge < -0.3 is 18.6 Å². The number of aromatic nitrogens is 2. The van der Waals surface area contributed by atoms with Gasteiger partial charge in [0, 0.05) is 37.0 Å². The summed E-state index contributed by atoms with van der Waals surface area (Å²) in [6, 6.07) is 24.1. The van der Waals surface area contributed by atoms with E-state index in [9.17, 15) is 18.4 Å². The summed E-state index contributed by atoms with van der Waals surface area (Å²) in [6.07, 6.45) is 2.26. The van der Waals surface area contributed by atoms with E-state index >= 15 is 0 Å². The molecule has 0 saturated heterocycles. The number of carbonyl (C=O) groups is 2. The summed E-state index contributed by atoms with van der Waals surface area (Å²) < 4.78 is 50.5. The highest BCUT2D eigenvalue weighted by molar-refractivity contribution is 7.80. The molecule has 1 fully saturated rings. The number of hydrogen-bond donors (Lipinski definition) is 1. The van der Waals surface area contributed by atoms with Crippen molar-refractivity contribution in [1.82, 2.24) is 14.7 Å². The van der Waals surface area contributed by atoms with Crippen molar-refractivity contribution >= 4 is 59.8 Å². The number of anilines is 1. The summed E-state index contributed by atoms with van der Waals surface area (Å²) in [4.78, 5) is 28.5. The quantitative estimate of drug-likeness (QED) is 0.0551. The van der Waals surface area contributed by atoms with Gasteiger partial charge in [-0.25, -0.2) is 9.00 Å². The number of benzene rings is 3. The van der Waals surface area contributed by atoms with Gasteiger partial charge in [-0.15, -0.1) is 0 Å². The predicted molar refractivity (Wildman–Crippen MR) is 242 cm³/mol. The van der Waals surface area contributed by atoms with E-state index in [1.807, 2.05) is 63.2 Å². The average Bonchev–Trinajstić information content (AvgIpc) is 3.52. The second kappa shape index (κ2) is 20.4. The first-order valence-electron chi connectivity index (χ1n) is 21.1. The lowest BCUT2D eigenvalue weighted by Gasteiger charge is -2.36. The van der Waals surface area contributed by atoms with Crippen molar-refractivity contribution in [3.8, 4) is 5.75 Å². The number of esters is 1. The normalized spacial score (nSPS) is 14.8. The zero-order valence-corrected chi connectivity index (χ0v) is 39.2. The van der Waals surface area contributed by atoms with E-state index in [1.165, 1.54) is 4.68 Å². The van der Waals surface area contributed by atoms with Crippen LogP contribution in [0, 0.1) is 0 Å². The number of carbonyl (C=O) groups excluding carboxylic acids is 2. The van der Waals surface area contributed by atoms with Crippen LogP contribution in [0.25, 0.3) is 10.9 Å². The van der Waals surface area contributed by atoms with Crippen LogP contribution in [0.3, 0.4) is 0 Å². The molecule has 2 atom stereocenters. The summed E-state index contributed by atoms with van der Waals surface area (Å²) in [5.74, 6) is 0.267. The minimum Gasteiger partial charge on any atom is -0.492 e. The Morgan fingerprint density at radius 1 is 0.950 bits per heavy atom. The molecule has 1 aromatic heterocycles. The zero-order chi connectivity index (χ0) is 43.8. The van der Waals surface area contributed by atoms with E-state index in [-0.39, 0.29) is 10.7 Å². The van der Waals surface area contributed by atoms with Gasteiger partial charge in [-0.1, -0.05) is 75.2 Å². The van der Waals surface area contributed by atoms with Gasteiger partial charge in [0.25, 0.3) is 11.3 Å². The van der Waals surface area contributed by atoms with Crippen LogP contribution in [0.4, 0.5) is 10.5 Å². The van der Waals surface area contributed by atoms with E-state index in [4.69, 9.17) is 35.3 Å². The molecule has 3 aromatic carbocycles. The van der Waals surface area contributed by atoms with Gasteiger partial charge in [0.05, 0.1) is 28.0 Å². The number of fused-ring (bicyclic) bond motifs is 1. The molecule has 12 nitrogen and oxygen atoms in total. The molecule has 0 amide bonds. The molecule has 0 spiro atoms. The SMILES string of the molecule is CC[Si](CC)(CC)OC(CN(CCOc1ccc2c(C3CCC3)nn(C(=O)OC(C)(C)C)c2c1)Cc1ccccc1)c1ccc(Cl)c(N(CC(=O)OC(C)(C)C)S(=O)O)c1. The van der Waals surface area contributed by atoms with Crippen LogP contribution >= 0.6 is 11.6 Å². The number of ether oxygens (including phenoxy) is 3. The Bertz CT molecular complexity index is 2090. The molecule has 60 heavy (non-hydrogen) atoms. The Kier molecular flexibility index (Phi) is 16.1. The number of nitrogens with zero attached hydrogens (tertiary/aromatic N) is 4. The molecule has 0 bridgehead atoms. The summed E-state index contributed by atoms with van der Waals surface area (Å²) >= 11 is 4.12. The van der Waals surface area contributed by atoms with Crippen LogP contribution in [0.1, 0.15) is 110 Å². The van der Waals surface area contributed by atoms with Crippen LogP contribution in [-0.4, -0.2) is 81.3 Å². The Labute approximate surface area is 364 Å². The monoisotopic (exact) mass is 882 g/mol. The second-order valence-electron chi connectivity index (χ2n) is 17.6. The molecule has 5 rings (SSSR count). The molecule has 1 saturated carbocycles. The molecular weight excluding hydrogens is 820 g/mol. The number of halogens is 1. The fraction of sp³-hybridized carbons (Fsp3) is 0.533. The summed E-state index contributed by atoms with van der Waals surface area (Å²) in [5.41, 5.74) is 2.23. The molecule has 1 aliphatic carbocycles. The summed E-state index contributed by atoms with van der Waals surface area (Å²) in [5, 5.41) is 5.91. The van der Waals surface area contributed by atoms with Crippen molar-refractivity contribution in [2.45, 2.75) is 129 Å². The van der Waals surface area contributed by atoms with Crippen LogP contribution in [0.15, 0.2) is 66.7 Å². The third kappa shape index (κ3) is 12.6. The maximum atomic E-state index is 13.4. The smallest absolute Gasteiger partial charge is 0.435 e. The highest BCUT2D eigenvalue weighted by Gasteiger charge is 2.35. The van der Waals surface area contributed by atoms with E-state index in [0.29, 0.717) is 43.4 Å². The topological polar surface area (TPSA) is 133 Å². The van der Waals surface area contributed by atoms with E-state index in [2.05, 4.69) is 37.8 Å². The van der Waals surface area contributed by atoms with E-state index in [0.717, 1.165) is 63.9 Å². The minimum atomic E-state index is -2.58. The van der Waals surface area contributed by atoms with Crippen LogP contribution in [0.2, 0.25) is 23.2 Å². The van der Waals surface area contributed by atoms with E-state index < -0.39 is 55.5 Å². The Balaban J connectivity index is 1.46. The molecular formula is C45H63ClN4O8SSi. The van der Waals surface area contributed by atoms with Crippen LogP contribution in [0.5, 0.6) is 5.75 Å².